The van der Waals surface area contributed by atoms with Crippen LogP contribution in [-0.4, -0.2) is 24.3 Å². The van der Waals surface area contributed by atoms with Gasteiger partial charge in [0.1, 0.15) is 11.4 Å². The number of carbonyl (C=O) groups is 1. The van der Waals surface area contributed by atoms with Crippen molar-refractivity contribution in [3.63, 3.8) is 0 Å². The van der Waals surface area contributed by atoms with Crippen LogP contribution in [0.15, 0.2) is 48.5 Å². The fraction of sp³-hybridized carbons (Fsp3) is 0.250. The first-order valence-electron chi connectivity index (χ1n) is 8.34. The molecule has 0 bridgehead atoms. The van der Waals surface area contributed by atoms with Crippen LogP contribution in [-0.2, 0) is 17.5 Å². The Morgan fingerprint density at radius 3 is 2.56 bits per heavy atom. The molecule has 0 aliphatic heterocycles. The predicted molar refractivity (Wildman–Crippen MR) is 95.0 cm³/mol. The molecule has 4 nitrogen and oxygen atoms in total. The largest absolute Gasteiger partial charge is 0.497 e. The van der Waals surface area contributed by atoms with Gasteiger partial charge in [0.25, 0.3) is 0 Å². The van der Waals surface area contributed by atoms with Gasteiger partial charge in [-0.3, -0.25) is 0 Å². The Morgan fingerprint density at radius 1 is 1.11 bits per heavy atom. The maximum atomic E-state index is 13.0. The Bertz CT molecular complexity index is 976. The van der Waals surface area contributed by atoms with E-state index in [0.29, 0.717) is 16.8 Å². The number of hydrogen-bond donors (Lipinski definition) is 0. The van der Waals surface area contributed by atoms with Crippen LogP contribution in [0.5, 0.6) is 5.75 Å². The van der Waals surface area contributed by atoms with Crippen molar-refractivity contribution in [2.24, 2.45) is 0 Å². The normalized spacial score (nSPS) is 11.6. The number of ether oxygens (including phenoxy) is 2. The minimum absolute atomic E-state index is 0.105. The first-order chi connectivity index (χ1) is 12.8. The van der Waals surface area contributed by atoms with Crippen molar-refractivity contribution in [2.75, 3.05) is 13.7 Å². The summed E-state index contributed by atoms with van der Waals surface area (Å²) < 4.78 is 50.9. The van der Waals surface area contributed by atoms with E-state index in [1.807, 2.05) is 0 Å². The molecule has 1 heterocycles. The highest BCUT2D eigenvalue weighted by Gasteiger charge is 2.30. The highest BCUT2D eigenvalue weighted by molar-refractivity contribution is 5.96. The second-order valence-corrected chi connectivity index (χ2v) is 5.96. The van der Waals surface area contributed by atoms with Gasteiger partial charge in [-0.15, -0.1) is 0 Å². The summed E-state index contributed by atoms with van der Waals surface area (Å²) in [6, 6.07) is 12.0. The summed E-state index contributed by atoms with van der Waals surface area (Å²) in [5.74, 6) is 0.0915. The summed E-state index contributed by atoms with van der Waals surface area (Å²) in [5, 5.41) is 0.740. The first-order valence-corrected chi connectivity index (χ1v) is 8.34. The summed E-state index contributed by atoms with van der Waals surface area (Å²) >= 11 is 0. The molecule has 0 aliphatic carbocycles. The van der Waals surface area contributed by atoms with Gasteiger partial charge in [-0.2, -0.15) is 13.2 Å². The van der Waals surface area contributed by atoms with E-state index < -0.39 is 17.7 Å². The summed E-state index contributed by atoms with van der Waals surface area (Å²) in [4.78, 5) is 12.4. The molecule has 0 radical (unpaired) electrons. The SMILES string of the molecule is CCOC(=O)c1cc2cc(OC)ccc2n1Cc1cccc(C(F)(F)F)c1. The number of methoxy groups -OCH3 is 1. The molecule has 0 N–H and O–H groups in total. The Labute approximate surface area is 154 Å². The van der Waals surface area contributed by atoms with Crippen LogP contribution in [0.1, 0.15) is 28.5 Å². The molecule has 1 aromatic heterocycles. The lowest BCUT2D eigenvalue weighted by molar-refractivity contribution is -0.137. The summed E-state index contributed by atoms with van der Waals surface area (Å²) in [6.45, 7) is 2.00. The number of aromatic nitrogens is 1. The topological polar surface area (TPSA) is 40.5 Å². The van der Waals surface area contributed by atoms with Crippen molar-refractivity contribution in [1.82, 2.24) is 4.57 Å². The number of alkyl halides is 3. The van der Waals surface area contributed by atoms with Gasteiger partial charge in [0.15, 0.2) is 0 Å². The second kappa shape index (κ2) is 7.34. The number of rotatable bonds is 5. The lowest BCUT2D eigenvalue weighted by atomic mass is 10.1. The number of nitrogens with zero attached hydrogens (tertiary/aromatic N) is 1. The van der Waals surface area contributed by atoms with Crippen molar-refractivity contribution < 1.29 is 27.4 Å². The average Bonchev–Trinajstić information content (AvgIpc) is 2.99. The molecular formula is C20H18F3NO3. The smallest absolute Gasteiger partial charge is 0.416 e. The van der Waals surface area contributed by atoms with E-state index in [2.05, 4.69) is 0 Å². The van der Waals surface area contributed by atoms with Crippen LogP contribution in [0.4, 0.5) is 13.2 Å². The van der Waals surface area contributed by atoms with E-state index in [1.54, 1.807) is 41.8 Å². The molecule has 0 aliphatic rings. The predicted octanol–water partition coefficient (Wildman–Crippen LogP) is 4.89. The van der Waals surface area contributed by atoms with Crippen molar-refractivity contribution in [2.45, 2.75) is 19.6 Å². The van der Waals surface area contributed by atoms with E-state index >= 15 is 0 Å². The van der Waals surface area contributed by atoms with Crippen molar-refractivity contribution in [3.05, 3.63) is 65.4 Å². The lowest BCUT2D eigenvalue weighted by Gasteiger charge is -2.13. The molecule has 3 rings (SSSR count). The van der Waals surface area contributed by atoms with Gasteiger partial charge in [0.05, 0.1) is 19.3 Å². The minimum Gasteiger partial charge on any atom is -0.497 e. The van der Waals surface area contributed by atoms with Crippen LogP contribution in [0, 0.1) is 0 Å². The molecule has 0 atom stereocenters. The number of carbonyl (C=O) groups excluding carboxylic acids is 1. The Balaban J connectivity index is 2.09. The minimum atomic E-state index is -4.42. The van der Waals surface area contributed by atoms with Crippen LogP contribution in [0.25, 0.3) is 10.9 Å². The molecule has 0 saturated heterocycles. The Morgan fingerprint density at radius 2 is 1.89 bits per heavy atom. The van der Waals surface area contributed by atoms with Gasteiger partial charge >= 0.3 is 12.1 Å². The molecule has 3 aromatic rings. The maximum Gasteiger partial charge on any atom is 0.416 e. The molecule has 0 saturated carbocycles. The molecule has 27 heavy (non-hydrogen) atoms. The lowest BCUT2D eigenvalue weighted by Crippen LogP contribution is -2.13. The van der Waals surface area contributed by atoms with E-state index in [4.69, 9.17) is 9.47 Å². The molecule has 0 amide bonds. The third-order valence-corrected chi connectivity index (χ3v) is 4.19. The monoisotopic (exact) mass is 377 g/mol. The molecular weight excluding hydrogens is 359 g/mol. The van der Waals surface area contributed by atoms with E-state index in [1.165, 1.54) is 13.2 Å². The van der Waals surface area contributed by atoms with Crippen molar-refractivity contribution >= 4 is 16.9 Å². The fourth-order valence-electron chi connectivity index (χ4n) is 2.95. The molecule has 2 aromatic carbocycles. The van der Waals surface area contributed by atoms with Gasteiger partial charge in [0, 0.05) is 17.4 Å². The number of esters is 1. The van der Waals surface area contributed by atoms with E-state index in [9.17, 15) is 18.0 Å². The highest BCUT2D eigenvalue weighted by atomic mass is 19.4. The third kappa shape index (κ3) is 3.92. The van der Waals surface area contributed by atoms with Crippen LogP contribution < -0.4 is 4.74 Å². The zero-order chi connectivity index (χ0) is 19.6. The molecule has 7 heteroatoms. The quantitative estimate of drug-likeness (QED) is 0.594. The molecule has 0 fully saturated rings. The standard InChI is InChI=1S/C20H18F3NO3/c1-3-27-19(25)18-11-14-10-16(26-2)7-8-17(14)24(18)12-13-5-4-6-15(9-13)20(21,22)23/h4-11H,3,12H2,1-2H3. The average molecular weight is 377 g/mol. The zero-order valence-corrected chi connectivity index (χ0v) is 14.8. The first kappa shape index (κ1) is 18.8. The number of hydrogen-bond acceptors (Lipinski definition) is 3. The van der Waals surface area contributed by atoms with Gasteiger partial charge in [0.2, 0.25) is 0 Å². The maximum absolute atomic E-state index is 13.0. The molecule has 142 valence electrons. The highest BCUT2D eigenvalue weighted by Crippen LogP contribution is 2.31. The fourth-order valence-corrected chi connectivity index (χ4v) is 2.95. The third-order valence-electron chi connectivity index (χ3n) is 4.19. The van der Waals surface area contributed by atoms with E-state index in [0.717, 1.165) is 17.5 Å². The number of halogens is 3. The van der Waals surface area contributed by atoms with Crippen LogP contribution in [0.3, 0.4) is 0 Å². The number of fused-ring (bicyclic) bond motifs is 1. The van der Waals surface area contributed by atoms with Gasteiger partial charge in [-0.05, 0) is 48.9 Å². The summed E-state index contributed by atoms with van der Waals surface area (Å²) in [5.41, 5.74) is 0.688. The molecule has 0 spiro atoms. The van der Waals surface area contributed by atoms with Gasteiger partial charge in [-0.25, -0.2) is 4.79 Å². The zero-order valence-electron chi connectivity index (χ0n) is 14.8. The van der Waals surface area contributed by atoms with Crippen molar-refractivity contribution in [1.29, 1.82) is 0 Å². The summed E-state index contributed by atoms with van der Waals surface area (Å²) in [7, 11) is 1.53. The van der Waals surface area contributed by atoms with Crippen molar-refractivity contribution in [3.8, 4) is 5.75 Å². The van der Waals surface area contributed by atoms with Crippen LogP contribution in [0.2, 0.25) is 0 Å². The second-order valence-electron chi connectivity index (χ2n) is 5.96. The Kier molecular flexibility index (Phi) is 5.12. The van der Waals surface area contributed by atoms with Gasteiger partial charge in [-0.1, -0.05) is 12.1 Å². The Hall–Kier alpha value is -2.96. The number of benzene rings is 2. The van der Waals surface area contributed by atoms with Crippen LogP contribution >= 0.6 is 0 Å². The van der Waals surface area contributed by atoms with E-state index in [-0.39, 0.29) is 18.8 Å². The molecule has 0 unspecified atom stereocenters. The van der Waals surface area contributed by atoms with Gasteiger partial charge < -0.3 is 14.0 Å². The summed E-state index contributed by atoms with van der Waals surface area (Å²) in [6.07, 6.45) is -4.42.